The van der Waals surface area contributed by atoms with Crippen molar-refractivity contribution in [3.8, 4) is 0 Å². The minimum atomic E-state index is -4.54. The number of nitrogens with two attached hydrogens (primary N) is 1. The Balaban J connectivity index is 1.81. The van der Waals surface area contributed by atoms with Gasteiger partial charge >= 0.3 is 6.18 Å². The molecule has 1 fully saturated rings. The maximum absolute atomic E-state index is 13.1. The Bertz CT molecular complexity index is 797. The molecular weight excluding hydrogens is 372 g/mol. The molecule has 0 radical (unpaired) electrons. The second kappa shape index (κ2) is 8.19. The summed E-state index contributed by atoms with van der Waals surface area (Å²) in [5.41, 5.74) is 6.02. The van der Waals surface area contributed by atoms with Gasteiger partial charge in [-0.3, -0.25) is 0 Å². The van der Waals surface area contributed by atoms with Crippen molar-refractivity contribution in [1.82, 2.24) is 5.32 Å². The highest BCUT2D eigenvalue weighted by Crippen LogP contribution is 2.35. The topological polar surface area (TPSA) is 47.3 Å². The van der Waals surface area contributed by atoms with E-state index in [4.69, 9.17) is 10.5 Å². The molecule has 3 atom stereocenters. The zero-order chi connectivity index (χ0) is 20.4. The van der Waals surface area contributed by atoms with Crippen LogP contribution in [0.2, 0.25) is 0 Å². The Morgan fingerprint density at radius 1 is 1.21 bits per heavy atom. The second-order valence-electron chi connectivity index (χ2n) is 7.34. The Labute approximate surface area is 161 Å². The molecule has 2 aromatic rings. The minimum Gasteiger partial charge on any atom is -0.372 e. The molecule has 0 amide bonds. The highest BCUT2D eigenvalue weighted by molar-refractivity contribution is 5.33. The SMILES string of the molecule is C[C@@H](OC[C@@]1(c2ccccc2)C[C@H](N)CN1)c1cc(CF)cc(C(F)(F)F)c1. The highest BCUT2D eigenvalue weighted by atomic mass is 19.4. The van der Waals surface area contributed by atoms with Crippen LogP contribution >= 0.6 is 0 Å². The quantitative estimate of drug-likeness (QED) is 0.709. The first-order chi connectivity index (χ1) is 13.2. The smallest absolute Gasteiger partial charge is 0.372 e. The highest BCUT2D eigenvalue weighted by Gasteiger charge is 2.40. The van der Waals surface area contributed by atoms with Crippen LogP contribution in [0.5, 0.6) is 0 Å². The van der Waals surface area contributed by atoms with Crippen LogP contribution in [-0.2, 0) is 23.1 Å². The van der Waals surface area contributed by atoms with Gasteiger partial charge < -0.3 is 15.8 Å². The van der Waals surface area contributed by atoms with Crippen molar-refractivity contribution in [3.63, 3.8) is 0 Å². The second-order valence-corrected chi connectivity index (χ2v) is 7.34. The van der Waals surface area contributed by atoms with Gasteiger partial charge in [-0.1, -0.05) is 36.4 Å². The number of rotatable bonds is 6. The minimum absolute atomic E-state index is 0.0148. The summed E-state index contributed by atoms with van der Waals surface area (Å²) in [7, 11) is 0. The van der Waals surface area contributed by atoms with Crippen molar-refractivity contribution in [2.75, 3.05) is 13.2 Å². The number of benzene rings is 2. The number of halogens is 4. The van der Waals surface area contributed by atoms with Crippen LogP contribution in [0.25, 0.3) is 0 Å². The molecule has 1 heterocycles. The van der Waals surface area contributed by atoms with Crippen LogP contribution in [0, 0.1) is 0 Å². The van der Waals surface area contributed by atoms with Gasteiger partial charge in [-0.05, 0) is 42.2 Å². The standard InChI is InChI=1S/C21H24F4N2O/c1-14(16-7-15(11-22)8-18(9-16)21(23,24)25)28-13-20(10-19(26)12-27-20)17-5-3-2-4-6-17/h2-9,14,19,27H,10-13,26H2,1H3/t14-,19+,20-/m1/s1. The summed E-state index contributed by atoms with van der Waals surface area (Å²) in [6.07, 6.45) is -4.51. The van der Waals surface area contributed by atoms with Gasteiger partial charge in [0.1, 0.15) is 6.67 Å². The lowest BCUT2D eigenvalue weighted by atomic mass is 9.88. The first-order valence-corrected chi connectivity index (χ1v) is 9.18. The maximum atomic E-state index is 13.1. The van der Waals surface area contributed by atoms with Gasteiger partial charge in [0.15, 0.2) is 0 Å². The van der Waals surface area contributed by atoms with E-state index in [0.29, 0.717) is 18.5 Å². The number of alkyl halides is 4. The van der Waals surface area contributed by atoms with E-state index in [1.165, 1.54) is 6.07 Å². The fourth-order valence-electron chi connectivity index (χ4n) is 3.65. The molecule has 1 aliphatic heterocycles. The van der Waals surface area contributed by atoms with E-state index in [-0.39, 0.29) is 18.2 Å². The van der Waals surface area contributed by atoms with Gasteiger partial charge in [-0.15, -0.1) is 0 Å². The van der Waals surface area contributed by atoms with Crippen LogP contribution in [0.1, 0.15) is 41.7 Å². The van der Waals surface area contributed by atoms with Gasteiger partial charge in [-0.25, -0.2) is 4.39 Å². The van der Waals surface area contributed by atoms with Gasteiger partial charge in [-0.2, -0.15) is 13.2 Å². The summed E-state index contributed by atoms with van der Waals surface area (Å²) in [4.78, 5) is 0. The van der Waals surface area contributed by atoms with Crippen molar-refractivity contribution in [3.05, 3.63) is 70.8 Å². The van der Waals surface area contributed by atoms with E-state index >= 15 is 0 Å². The molecule has 1 saturated heterocycles. The Hall–Kier alpha value is -1.96. The lowest BCUT2D eigenvalue weighted by Gasteiger charge is -2.31. The van der Waals surface area contributed by atoms with E-state index in [0.717, 1.165) is 17.7 Å². The summed E-state index contributed by atoms with van der Waals surface area (Å²) in [5.74, 6) is 0. The number of hydrogen-bond donors (Lipinski definition) is 2. The molecule has 28 heavy (non-hydrogen) atoms. The molecule has 3 rings (SSSR count). The summed E-state index contributed by atoms with van der Waals surface area (Å²) < 4.78 is 58.4. The predicted molar refractivity (Wildman–Crippen MR) is 99.3 cm³/mol. The average Bonchev–Trinajstić information content (AvgIpc) is 3.08. The normalized spacial score (nSPS) is 23.7. The van der Waals surface area contributed by atoms with Crippen molar-refractivity contribution in [2.45, 2.75) is 43.9 Å². The molecule has 7 heteroatoms. The molecular formula is C21H24F4N2O. The molecule has 3 nitrogen and oxygen atoms in total. The molecule has 0 aliphatic carbocycles. The number of nitrogens with one attached hydrogen (secondary N) is 1. The lowest BCUT2D eigenvalue weighted by Crippen LogP contribution is -2.41. The first kappa shape index (κ1) is 20.8. The third kappa shape index (κ3) is 4.54. The summed E-state index contributed by atoms with van der Waals surface area (Å²) in [6.45, 7) is 1.58. The van der Waals surface area contributed by atoms with E-state index in [1.54, 1.807) is 6.92 Å². The van der Waals surface area contributed by atoms with E-state index in [1.807, 2.05) is 30.3 Å². The van der Waals surface area contributed by atoms with Gasteiger partial charge in [0, 0.05) is 12.6 Å². The largest absolute Gasteiger partial charge is 0.416 e. The molecule has 0 spiro atoms. The molecule has 3 N–H and O–H groups in total. The van der Waals surface area contributed by atoms with Crippen molar-refractivity contribution in [2.24, 2.45) is 5.73 Å². The van der Waals surface area contributed by atoms with Crippen LogP contribution in [-0.4, -0.2) is 19.2 Å². The Morgan fingerprint density at radius 3 is 2.50 bits per heavy atom. The van der Waals surface area contributed by atoms with Crippen molar-refractivity contribution in [1.29, 1.82) is 0 Å². The van der Waals surface area contributed by atoms with Crippen LogP contribution in [0.4, 0.5) is 17.6 Å². The van der Waals surface area contributed by atoms with Gasteiger partial charge in [0.05, 0.1) is 23.8 Å². The summed E-state index contributed by atoms with van der Waals surface area (Å²) in [6, 6.07) is 12.9. The Kier molecular flexibility index (Phi) is 6.07. The molecule has 1 aliphatic rings. The lowest BCUT2D eigenvalue weighted by molar-refractivity contribution is -0.137. The van der Waals surface area contributed by atoms with Gasteiger partial charge in [0.2, 0.25) is 0 Å². The predicted octanol–water partition coefficient (Wildman–Crippen LogP) is 4.47. The third-order valence-corrected chi connectivity index (χ3v) is 5.19. The van der Waals surface area contributed by atoms with Crippen LogP contribution in [0.15, 0.2) is 48.5 Å². The average molecular weight is 396 g/mol. The molecule has 152 valence electrons. The Morgan fingerprint density at radius 2 is 1.93 bits per heavy atom. The zero-order valence-electron chi connectivity index (χ0n) is 15.6. The molecule has 0 aromatic heterocycles. The van der Waals surface area contributed by atoms with Gasteiger partial charge in [0.25, 0.3) is 0 Å². The fourth-order valence-corrected chi connectivity index (χ4v) is 3.65. The monoisotopic (exact) mass is 396 g/mol. The van der Waals surface area contributed by atoms with E-state index < -0.39 is 30.1 Å². The molecule has 0 saturated carbocycles. The zero-order valence-corrected chi connectivity index (χ0v) is 15.6. The van der Waals surface area contributed by atoms with Crippen LogP contribution in [0.3, 0.4) is 0 Å². The molecule has 0 unspecified atom stereocenters. The molecule has 0 bridgehead atoms. The summed E-state index contributed by atoms with van der Waals surface area (Å²) in [5, 5.41) is 3.41. The number of ether oxygens (including phenoxy) is 1. The fraction of sp³-hybridized carbons (Fsp3) is 0.429. The van der Waals surface area contributed by atoms with E-state index in [2.05, 4.69) is 5.32 Å². The third-order valence-electron chi connectivity index (χ3n) is 5.19. The number of hydrogen-bond acceptors (Lipinski definition) is 3. The van der Waals surface area contributed by atoms with E-state index in [9.17, 15) is 17.6 Å². The maximum Gasteiger partial charge on any atom is 0.416 e. The van der Waals surface area contributed by atoms with Crippen molar-refractivity contribution >= 4 is 0 Å². The molecule has 2 aromatic carbocycles. The summed E-state index contributed by atoms with van der Waals surface area (Å²) >= 11 is 0. The van der Waals surface area contributed by atoms with Crippen LogP contribution < -0.4 is 11.1 Å². The van der Waals surface area contributed by atoms with Crippen molar-refractivity contribution < 1.29 is 22.3 Å². The first-order valence-electron chi connectivity index (χ1n) is 9.18.